The van der Waals surface area contributed by atoms with Gasteiger partial charge in [-0.2, -0.15) is 9.97 Å². The van der Waals surface area contributed by atoms with Gasteiger partial charge in [0.25, 0.3) is 5.91 Å². The summed E-state index contributed by atoms with van der Waals surface area (Å²) in [7, 11) is 2.92. The number of rotatable bonds is 8. The van der Waals surface area contributed by atoms with Crippen molar-refractivity contribution in [2.75, 3.05) is 38.9 Å². The summed E-state index contributed by atoms with van der Waals surface area (Å²) in [4.78, 5) is 28.2. The average Bonchev–Trinajstić information content (AvgIpc) is 3.47. The average molecular weight is 445 g/mol. The van der Waals surface area contributed by atoms with Crippen LogP contribution in [-0.4, -0.2) is 60.9 Å². The normalized spacial score (nSPS) is 15.8. The first-order chi connectivity index (χ1) is 15.1. The Labute approximate surface area is 183 Å². The molecule has 9 nitrogen and oxygen atoms in total. The van der Waals surface area contributed by atoms with Gasteiger partial charge in [-0.15, -0.1) is 0 Å². The lowest BCUT2D eigenvalue weighted by molar-refractivity contribution is 0.0912. The number of nitrogens with zero attached hydrogens (tertiary/aromatic N) is 4. The van der Waals surface area contributed by atoms with Gasteiger partial charge >= 0.3 is 6.01 Å². The summed E-state index contributed by atoms with van der Waals surface area (Å²) in [5, 5.41) is 0.555. The molecule has 164 valence electrons. The number of ether oxygens (including phenoxy) is 4. The highest BCUT2D eigenvalue weighted by Gasteiger charge is 2.29. The molecule has 1 atom stereocenters. The van der Waals surface area contributed by atoms with Gasteiger partial charge in [-0.1, -0.05) is 17.4 Å². The summed E-state index contributed by atoms with van der Waals surface area (Å²) in [6.45, 7) is 3.52. The van der Waals surface area contributed by atoms with E-state index in [0.29, 0.717) is 30.6 Å². The fraction of sp³-hybridized carbons (Fsp3) is 0.429. The van der Waals surface area contributed by atoms with E-state index in [9.17, 15) is 4.79 Å². The number of hydrogen-bond acceptors (Lipinski definition) is 9. The van der Waals surface area contributed by atoms with Crippen LogP contribution in [0, 0.1) is 0 Å². The monoisotopic (exact) mass is 444 g/mol. The first-order valence-electron chi connectivity index (χ1n) is 10.1. The van der Waals surface area contributed by atoms with Crippen molar-refractivity contribution in [3.8, 4) is 17.6 Å². The molecule has 1 unspecified atom stereocenters. The minimum atomic E-state index is -0.327. The van der Waals surface area contributed by atoms with Crippen LogP contribution in [0.4, 0.5) is 5.13 Å². The van der Waals surface area contributed by atoms with Crippen LogP contribution in [0.2, 0.25) is 0 Å². The molecule has 1 aliphatic heterocycles. The summed E-state index contributed by atoms with van der Waals surface area (Å²) in [6.07, 6.45) is 1.79. The second-order valence-corrected chi connectivity index (χ2v) is 7.87. The van der Waals surface area contributed by atoms with E-state index in [1.807, 2.05) is 25.1 Å². The molecule has 10 heteroatoms. The van der Waals surface area contributed by atoms with E-state index in [1.165, 1.54) is 31.6 Å². The number of fused-ring (bicyclic) bond motifs is 1. The molecule has 0 aliphatic carbocycles. The minimum absolute atomic E-state index is 0.0581. The van der Waals surface area contributed by atoms with Gasteiger partial charge < -0.3 is 18.9 Å². The zero-order valence-electron chi connectivity index (χ0n) is 17.7. The zero-order valence-corrected chi connectivity index (χ0v) is 18.5. The van der Waals surface area contributed by atoms with Gasteiger partial charge in [0.1, 0.15) is 17.0 Å². The molecule has 3 heterocycles. The van der Waals surface area contributed by atoms with Gasteiger partial charge in [0.15, 0.2) is 5.13 Å². The van der Waals surface area contributed by atoms with Gasteiger partial charge in [-0.05, 0) is 31.9 Å². The molecule has 2 aromatic heterocycles. The third-order valence-electron chi connectivity index (χ3n) is 4.85. The van der Waals surface area contributed by atoms with Crippen LogP contribution in [0.1, 0.15) is 30.3 Å². The molecule has 0 spiro atoms. The molecule has 1 aliphatic rings. The van der Waals surface area contributed by atoms with Crippen LogP contribution in [0.25, 0.3) is 10.2 Å². The predicted octanol–water partition coefficient (Wildman–Crippen LogP) is 3.33. The Bertz CT molecular complexity index is 1040. The number of amides is 1. The quantitative estimate of drug-likeness (QED) is 0.522. The smallest absolute Gasteiger partial charge is 0.320 e. The number of para-hydroxylation sites is 1. The van der Waals surface area contributed by atoms with Gasteiger partial charge in [0, 0.05) is 12.7 Å². The van der Waals surface area contributed by atoms with Crippen molar-refractivity contribution in [2.24, 2.45) is 0 Å². The number of carbonyl (C=O) groups excluding carboxylic acids is 1. The fourth-order valence-corrected chi connectivity index (χ4v) is 4.38. The Morgan fingerprint density at radius 2 is 2.13 bits per heavy atom. The maximum Gasteiger partial charge on any atom is 0.320 e. The summed E-state index contributed by atoms with van der Waals surface area (Å²) in [6, 6.07) is 7.31. The highest BCUT2D eigenvalue weighted by atomic mass is 32.1. The number of thiazole rings is 1. The van der Waals surface area contributed by atoms with Crippen molar-refractivity contribution in [2.45, 2.75) is 25.9 Å². The van der Waals surface area contributed by atoms with Gasteiger partial charge in [0.05, 0.1) is 38.2 Å². The lowest BCUT2D eigenvalue weighted by atomic mass is 10.2. The lowest BCUT2D eigenvalue weighted by Gasteiger charge is -2.22. The zero-order chi connectivity index (χ0) is 21.8. The topological polar surface area (TPSA) is 95.9 Å². The third kappa shape index (κ3) is 4.54. The summed E-state index contributed by atoms with van der Waals surface area (Å²) < 4.78 is 22.8. The Hall–Kier alpha value is -2.98. The van der Waals surface area contributed by atoms with Crippen molar-refractivity contribution < 1.29 is 23.7 Å². The number of aromatic nitrogens is 3. The van der Waals surface area contributed by atoms with Crippen LogP contribution < -0.4 is 19.1 Å². The van der Waals surface area contributed by atoms with Crippen LogP contribution in [0.3, 0.4) is 0 Å². The fourth-order valence-electron chi connectivity index (χ4n) is 3.39. The molecule has 0 bridgehead atoms. The molecule has 1 aromatic carbocycles. The maximum atomic E-state index is 13.6. The molecular formula is C21H24N4O5S. The third-order valence-corrected chi connectivity index (χ3v) is 5.89. The lowest BCUT2D eigenvalue weighted by Crippen LogP contribution is -2.38. The van der Waals surface area contributed by atoms with Crippen molar-refractivity contribution in [3.05, 3.63) is 30.0 Å². The van der Waals surface area contributed by atoms with Crippen molar-refractivity contribution >= 4 is 32.6 Å². The molecule has 4 rings (SSSR count). The van der Waals surface area contributed by atoms with Crippen molar-refractivity contribution in [1.82, 2.24) is 15.0 Å². The molecule has 0 radical (unpaired) electrons. The number of carbonyl (C=O) groups is 1. The van der Waals surface area contributed by atoms with Crippen LogP contribution in [0.15, 0.2) is 24.3 Å². The standard InChI is InChI=1S/C21H24N4O5S/c1-4-29-15-8-5-9-16-18(15)24-21(31-16)25(12-13-7-6-10-30-13)19(26)14-11-17(27-2)23-20(22-14)28-3/h5,8-9,11,13H,4,6-7,10,12H2,1-3H3. The first-order valence-corrected chi connectivity index (χ1v) is 10.9. The minimum Gasteiger partial charge on any atom is -0.492 e. The number of benzene rings is 1. The highest BCUT2D eigenvalue weighted by Crippen LogP contribution is 2.35. The molecule has 1 fully saturated rings. The van der Waals surface area contributed by atoms with Crippen LogP contribution >= 0.6 is 11.3 Å². The van der Waals surface area contributed by atoms with E-state index >= 15 is 0 Å². The molecule has 1 saturated heterocycles. The van der Waals surface area contributed by atoms with Crippen LogP contribution in [0.5, 0.6) is 17.6 Å². The second kappa shape index (κ2) is 9.44. The van der Waals surface area contributed by atoms with Gasteiger partial charge in [-0.3, -0.25) is 9.69 Å². The summed E-state index contributed by atoms with van der Waals surface area (Å²) in [5.41, 5.74) is 0.887. The molecular weight excluding hydrogens is 420 g/mol. The van der Waals surface area contributed by atoms with E-state index in [4.69, 9.17) is 23.9 Å². The predicted molar refractivity (Wildman–Crippen MR) is 117 cm³/mol. The van der Waals surface area contributed by atoms with Gasteiger partial charge in [0.2, 0.25) is 5.88 Å². The Morgan fingerprint density at radius 3 is 2.84 bits per heavy atom. The second-order valence-electron chi connectivity index (χ2n) is 6.87. The van der Waals surface area contributed by atoms with Crippen LogP contribution in [-0.2, 0) is 4.74 Å². The summed E-state index contributed by atoms with van der Waals surface area (Å²) >= 11 is 1.42. The van der Waals surface area contributed by atoms with E-state index in [-0.39, 0.29) is 29.6 Å². The maximum absolute atomic E-state index is 13.6. The van der Waals surface area contributed by atoms with E-state index in [1.54, 1.807) is 4.90 Å². The number of hydrogen-bond donors (Lipinski definition) is 0. The van der Waals surface area contributed by atoms with E-state index < -0.39 is 0 Å². The number of anilines is 1. The van der Waals surface area contributed by atoms with Crippen molar-refractivity contribution in [1.29, 1.82) is 0 Å². The molecule has 3 aromatic rings. The first kappa shape index (κ1) is 21.3. The number of methoxy groups -OCH3 is 2. The molecule has 1 amide bonds. The molecule has 0 saturated carbocycles. The Balaban J connectivity index is 1.75. The summed E-state index contributed by atoms with van der Waals surface area (Å²) in [5.74, 6) is 0.610. The van der Waals surface area contributed by atoms with E-state index in [2.05, 4.69) is 9.97 Å². The Morgan fingerprint density at radius 1 is 1.26 bits per heavy atom. The van der Waals surface area contributed by atoms with Crippen molar-refractivity contribution in [3.63, 3.8) is 0 Å². The SMILES string of the molecule is CCOc1cccc2sc(N(CC3CCCO3)C(=O)c3cc(OC)nc(OC)n3)nc12. The molecule has 0 N–H and O–H groups in total. The Kier molecular flexibility index (Phi) is 6.47. The van der Waals surface area contributed by atoms with Gasteiger partial charge in [-0.25, -0.2) is 4.98 Å². The highest BCUT2D eigenvalue weighted by molar-refractivity contribution is 7.22. The molecule has 31 heavy (non-hydrogen) atoms. The van der Waals surface area contributed by atoms with E-state index in [0.717, 1.165) is 23.1 Å². The largest absolute Gasteiger partial charge is 0.492 e.